The first-order chi connectivity index (χ1) is 18.0. The fourth-order valence-electron chi connectivity index (χ4n) is 4.43. The van der Waals surface area contributed by atoms with E-state index in [1.54, 1.807) is 24.4 Å². The molecule has 0 radical (unpaired) electrons. The van der Waals surface area contributed by atoms with E-state index in [1.165, 1.54) is 5.56 Å². The van der Waals surface area contributed by atoms with Crippen LogP contribution in [0.1, 0.15) is 40.0 Å². The highest BCUT2D eigenvalue weighted by Gasteiger charge is 2.21. The number of benzene rings is 2. The van der Waals surface area contributed by atoms with Gasteiger partial charge in [-0.15, -0.1) is 0 Å². The third kappa shape index (κ3) is 6.06. The fraction of sp³-hybridized carbons (Fsp3) is 0.286. The number of aliphatic carboxylic acids is 1. The minimum absolute atomic E-state index is 0.160. The van der Waals surface area contributed by atoms with Gasteiger partial charge in [-0.1, -0.05) is 18.2 Å². The molecule has 1 amide bonds. The number of aromatic nitrogens is 3. The molecule has 5 rings (SSSR count). The predicted octanol–water partition coefficient (Wildman–Crippen LogP) is 3.75. The number of carbonyl (C=O) groups excluding carboxylic acids is 1. The second kappa shape index (κ2) is 11.1. The monoisotopic (exact) mass is 499 g/mol. The summed E-state index contributed by atoms with van der Waals surface area (Å²) in [5, 5.41) is 23.2. The number of carbonyl (C=O) groups is 2. The first-order valence-corrected chi connectivity index (χ1v) is 12.5. The topological polar surface area (TPSA) is 129 Å². The Morgan fingerprint density at radius 1 is 1.11 bits per heavy atom. The van der Waals surface area contributed by atoms with Gasteiger partial charge >= 0.3 is 5.97 Å². The van der Waals surface area contributed by atoms with Crippen molar-refractivity contribution in [3.05, 3.63) is 83.2 Å². The van der Waals surface area contributed by atoms with Gasteiger partial charge in [0.2, 0.25) is 0 Å². The molecule has 190 valence electrons. The molecule has 9 nitrogen and oxygen atoms in total. The predicted molar refractivity (Wildman–Crippen MR) is 140 cm³/mol. The maximum absolute atomic E-state index is 12.7. The lowest BCUT2D eigenvalue weighted by atomic mass is 10.0. The number of nitrogens with zero attached hydrogens (tertiary/aromatic N) is 2. The van der Waals surface area contributed by atoms with Gasteiger partial charge in [-0.2, -0.15) is 5.10 Å². The molecule has 0 saturated carbocycles. The molecule has 2 aromatic carbocycles. The van der Waals surface area contributed by atoms with Crippen LogP contribution in [0.2, 0.25) is 0 Å². The SMILES string of the molecule is O=C(N[C@@H](Cc1ccc(OCCCc2ccc3c(n2)NCCC3)cc1)C(=O)O)c1ccc2[nH]ncc2c1. The van der Waals surface area contributed by atoms with Gasteiger partial charge in [0.1, 0.15) is 17.6 Å². The first kappa shape index (κ1) is 24.3. The molecule has 2 aromatic heterocycles. The smallest absolute Gasteiger partial charge is 0.326 e. The average Bonchev–Trinajstić information content (AvgIpc) is 3.39. The highest BCUT2D eigenvalue weighted by Crippen LogP contribution is 2.20. The van der Waals surface area contributed by atoms with Crippen LogP contribution in [0.25, 0.3) is 10.9 Å². The van der Waals surface area contributed by atoms with Crippen molar-refractivity contribution < 1.29 is 19.4 Å². The average molecular weight is 500 g/mol. The first-order valence-electron chi connectivity index (χ1n) is 12.5. The van der Waals surface area contributed by atoms with E-state index in [0.29, 0.717) is 17.9 Å². The molecule has 1 atom stereocenters. The lowest BCUT2D eigenvalue weighted by molar-refractivity contribution is -0.139. The number of rotatable bonds is 10. The number of carboxylic acids is 1. The van der Waals surface area contributed by atoms with Gasteiger partial charge in [-0.25, -0.2) is 9.78 Å². The third-order valence-corrected chi connectivity index (χ3v) is 6.47. The van der Waals surface area contributed by atoms with Crippen LogP contribution in [-0.4, -0.2) is 51.4 Å². The van der Waals surface area contributed by atoms with Gasteiger partial charge in [0.25, 0.3) is 5.91 Å². The van der Waals surface area contributed by atoms with Crippen molar-refractivity contribution in [2.45, 2.75) is 38.1 Å². The molecule has 3 heterocycles. The molecule has 0 bridgehead atoms. The van der Waals surface area contributed by atoms with Crippen molar-refractivity contribution in [3.63, 3.8) is 0 Å². The number of fused-ring (bicyclic) bond motifs is 2. The molecule has 0 unspecified atom stereocenters. The largest absolute Gasteiger partial charge is 0.494 e. The molecule has 9 heteroatoms. The van der Waals surface area contributed by atoms with Crippen LogP contribution in [0, 0.1) is 0 Å². The Kier molecular flexibility index (Phi) is 7.30. The number of nitrogens with one attached hydrogen (secondary N) is 3. The molecule has 37 heavy (non-hydrogen) atoms. The van der Waals surface area contributed by atoms with Crippen LogP contribution in [0.15, 0.2) is 60.8 Å². The maximum Gasteiger partial charge on any atom is 0.326 e. The fourth-order valence-corrected chi connectivity index (χ4v) is 4.43. The van der Waals surface area contributed by atoms with Crippen LogP contribution in [0.3, 0.4) is 0 Å². The zero-order valence-electron chi connectivity index (χ0n) is 20.4. The van der Waals surface area contributed by atoms with E-state index in [4.69, 9.17) is 9.72 Å². The van der Waals surface area contributed by atoms with Gasteiger partial charge < -0.3 is 20.5 Å². The quantitative estimate of drug-likeness (QED) is 0.245. The third-order valence-electron chi connectivity index (χ3n) is 6.47. The number of aryl methyl sites for hydroxylation is 2. The Morgan fingerprint density at radius 3 is 2.81 bits per heavy atom. The molecule has 0 aliphatic carbocycles. The standard InChI is InChI=1S/C28H29N5O4/c34-27(20-8-12-24-21(16-20)17-30-33-24)32-25(28(35)36)15-18-5-10-23(11-6-18)37-14-2-4-22-9-7-19-3-1-13-29-26(19)31-22/h5-12,16-17,25H,1-4,13-15H2,(H,29,31)(H,30,33)(H,32,34)(H,35,36)/t25-/m0/s1. The zero-order valence-corrected chi connectivity index (χ0v) is 20.4. The summed E-state index contributed by atoms with van der Waals surface area (Å²) in [4.78, 5) is 29.2. The molecule has 0 saturated heterocycles. The number of amides is 1. The van der Waals surface area contributed by atoms with E-state index in [1.807, 2.05) is 24.3 Å². The van der Waals surface area contributed by atoms with E-state index in [2.05, 4.69) is 33.0 Å². The summed E-state index contributed by atoms with van der Waals surface area (Å²) in [5.74, 6) is 0.187. The molecule has 1 aliphatic rings. The van der Waals surface area contributed by atoms with E-state index < -0.39 is 17.9 Å². The summed E-state index contributed by atoms with van der Waals surface area (Å²) in [5.41, 5.74) is 4.31. The van der Waals surface area contributed by atoms with Crippen molar-refractivity contribution >= 4 is 28.6 Å². The van der Waals surface area contributed by atoms with Gasteiger partial charge in [0.05, 0.1) is 18.3 Å². The summed E-state index contributed by atoms with van der Waals surface area (Å²) in [6.07, 6.45) is 5.68. The van der Waals surface area contributed by atoms with Gasteiger partial charge in [0, 0.05) is 29.6 Å². The number of hydrogen-bond acceptors (Lipinski definition) is 6. The number of pyridine rings is 1. The highest BCUT2D eigenvalue weighted by molar-refractivity contribution is 5.99. The van der Waals surface area contributed by atoms with E-state index in [9.17, 15) is 14.7 Å². The summed E-state index contributed by atoms with van der Waals surface area (Å²) < 4.78 is 5.86. The molecule has 0 spiro atoms. The van der Waals surface area contributed by atoms with Crippen molar-refractivity contribution in [3.8, 4) is 5.75 Å². The molecule has 4 N–H and O–H groups in total. The summed E-state index contributed by atoms with van der Waals surface area (Å²) in [7, 11) is 0. The van der Waals surface area contributed by atoms with Crippen LogP contribution in [-0.2, 0) is 24.1 Å². The number of hydrogen-bond donors (Lipinski definition) is 4. The Labute approximate surface area is 214 Å². The summed E-state index contributed by atoms with van der Waals surface area (Å²) in [6, 6.07) is 15.6. The van der Waals surface area contributed by atoms with Crippen LogP contribution < -0.4 is 15.4 Å². The minimum atomic E-state index is -1.09. The minimum Gasteiger partial charge on any atom is -0.494 e. The number of anilines is 1. The van der Waals surface area contributed by atoms with Crippen LogP contribution >= 0.6 is 0 Å². The van der Waals surface area contributed by atoms with Crippen molar-refractivity contribution in [1.82, 2.24) is 20.5 Å². The molecular formula is C28H29N5O4. The van der Waals surface area contributed by atoms with Gasteiger partial charge in [0.15, 0.2) is 0 Å². The van der Waals surface area contributed by atoms with Crippen molar-refractivity contribution in [2.75, 3.05) is 18.5 Å². The lowest BCUT2D eigenvalue weighted by Crippen LogP contribution is -2.42. The van der Waals surface area contributed by atoms with Gasteiger partial charge in [-0.05, 0) is 73.2 Å². The second-order valence-corrected chi connectivity index (χ2v) is 9.18. The number of aromatic amines is 1. The summed E-state index contributed by atoms with van der Waals surface area (Å²) >= 11 is 0. The van der Waals surface area contributed by atoms with Gasteiger partial charge in [-0.3, -0.25) is 9.89 Å². The molecule has 4 aromatic rings. The van der Waals surface area contributed by atoms with Crippen LogP contribution in [0.5, 0.6) is 5.75 Å². The zero-order chi connectivity index (χ0) is 25.6. The lowest BCUT2D eigenvalue weighted by Gasteiger charge is -2.17. The Morgan fingerprint density at radius 2 is 1.97 bits per heavy atom. The number of H-pyrrole nitrogens is 1. The normalized spacial score (nSPS) is 13.4. The number of carboxylic acid groups (broad SMARTS) is 1. The van der Waals surface area contributed by atoms with E-state index >= 15 is 0 Å². The molecular weight excluding hydrogens is 470 g/mol. The summed E-state index contributed by atoms with van der Waals surface area (Å²) in [6.45, 7) is 1.53. The Balaban J connectivity index is 1.11. The van der Waals surface area contributed by atoms with E-state index in [0.717, 1.165) is 60.2 Å². The number of ether oxygens (including phenoxy) is 1. The Hall–Kier alpha value is -4.40. The van der Waals surface area contributed by atoms with E-state index in [-0.39, 0.29) is 6.42 Å². The van der Waals surface area contributed by atoms with Crippen LogP contribution in [0.4, 0.5) is 5.82 Å². The highest BCUT2D eigenvalue weighted by atomic mass is 16.5. The van der Waals surface area contributed by atoms with Crippen molar-refractivity contribution in [2.24, 2.45) is 0 Å². The molecule has 1 aliphatic heterocycles. The maximum atomic E-state index is 12.7. The second-order valence-electron chi connectivity index (χ2n) is 9.18. The van der Waals surface area contributed by atoms with Crippen molar-refractivity contribution in [1.29, 1.82) is 0 Å². The molecule has 0 fully saturated rings. The Bertz CT molecular complexity index is 1400.